The highest BCUT2D eigenvalue weighted by Gasteiger charge is 2.27. The molecule has 2 heteroatoms. The Hall–Kier alpha value is -1.15. The van der Waals surface area contributed by atoms with Crippen LogP contribution in [0.2, 0.25) is 0 Å². The Bertz CT molecular complexity index is 417. The topological polar surface area (TPSA) is 20.2 Å². The Labute approximate surface area is 102 Å². The van der Waals surface area contributed by atoms with E-state index in [9.17, 15) is 9.50 Å². The number of hydrogen-bond acceptors (Lipinski definition) is 1. The molecule has 0 bridgehead atoms. The molecule has 2 rings (SSSR count). The van der Waals surface area contributed by atoms with Crippen LogP contribution in [-0.4, -0.2) is 11.2 Å². The van der Waals surface area contributed by atoms with Gasteiger partial charge in [-0.3, -0.25) is 0 Å². The molecule has 92 valence electrons. The van der Waals surface area contributed by atoms with Crippen LogP contribution in [0.25, 0.3) is 0 Å². The Balaban J connectivity index is 2.11. The highest BCUT2D eigenvalue weighted by Crippen LogP contribution is 2.36. The summed E-state index contributed by atoms with van der Waals surface area (Å²) in [5.74, 6) is -0.202. The van der Waals surface area contributed by atoms with Crippen molar-refractivity contribution < 1.29 is 9.50 Å². The molecule has 0 aliphatic heterocycles. The van der Waals surface area contributed by atoms with Crippen molar-refractivity contribution in [2.45, 2.75) is 39.2 Å². The number of allylic oxidation sites excluding steroid dienone is 1. The van der Waals surface area contributed by atoms with Gasteiger partial charge in [-0.05, 0) is 42.4 Å². The summed E-state index contributed by atoms with van der Waals surface area (Å²) in [5.41, 5.74) is 2.51. The molecule has 0 spiro atoms. The molecule has 1 aliphatic carbocycles. The highest BCUT2D eigenvalue weighted by molar-refractivity contribution is 5.25. The summed E-state index contributed by atoms with van der Waals surface area (Å²) >= 11 is 0. The van der Waals surface area contributed by atoms with E-state index in [1.54, 1.807) is 0 Å². The monoisotopic (exact) mass is 234 g/mol. The zero-order chi connectivity index (χ0) is 12.5. The third kappa shape index (κ3) is 3.40. The number of aliphatic hydroxyl groups excluding tert-OH is 1. The second-order valence-corrected chi connectivity index (χ2v) is 5.74. The fourth-order valence-corrected chi connectivity index (χ4v) is 2.63. The van der Waals surface area contributed by atoms with E-state index in [1.165, 1.54) is 17.7 Å². The molecular weight excluding hydrogens is 215 g/mol. The molecule has 0 aromatic heterocycles. The standard InChI is InChI=1S/C15H19FO/c1-15(2)9-12(8-14(17)10-15)7-11-3-5-13(16)6-4-11/h3-6,8,14,17H,7,9-10H2,1-2H3. The van der Waals surface area contributed by atoms with Crippen LogP contribution in [0.3, 0.4) is 0 Å². The number of aliphatic hydroxyl groups is 1. The van der Waals surface area contributed by atoms with Crippen LogP contribution < -0.4 is 0 Å². The number of benzene rings is 1. The Morgan fingerprint density at radius 1 is 1.29 bits per heavy atom. The molecule has 1 unspecified atom stereocenters. The predicted molar refractivity (Wildman–Crippen MR) is 67.2 cm³/mol. The molecule has 1 aromatic rings. The summed E-state index contributed by atoms with van der Waals surface area (Å²) < 4.78 is 12.8. The first-order chi connectivity index (χ1) is 7.94. The minimum Gasteiger partial charge on any atom is -0.389 e. The molecule has 0 heterocycles. The molecule has 0 amide bonds. The number of hydrogen-bond donors (Lipinski definition) is 1. The lowest BCUT2D eigenvalue weighted by Gasteiger charge is -2.32. The van der Waals surface area contributed by atoms with Crippen molar-refractivity contribution in [1.82, 2.24) is 0 Å². The molecule has 1 atom stereocenters. The quantitative estimate of drug-likeness (QED) is 0.777. The SMILES string of the molecule is CC1(C)CC(Cc2ccc(F)cc2)=CC(O)C1. The minimum absolute atomic E-state index is 0.156. The lowest BCUT2D eigenvalue weighted by atomic mass is 9.75. The second-order valence-electron chi connectivity index (χ2n) is 5.74. The lowest BCUT2D eigenvalue weighted by molar-refractivity contribution is 0.138. The average molecular weight is 234 g/mol. The molecule has 1 N–H and O–H groups in total. The van der Waals surface area contributed by atoms with E-state index in [1.807, 2.05) is 18.2 Å². The molecule has 0 radical (unpaired) electrons. The van der Waals surface area contributed by atoms with Crippen LogP contribution in [0.5, 0.6) is 0 Å². The third-order valence-corrected chi connectivity index (χ3v) is 3.24. The van der Waals surface area contributed by atoms with Crippen molar-refractivity contribution in [1.29, 1.82) is 0 Å². The predicted octanol–water partition coefficient (Wildman–Crippen LogP) is 3.48. The molecule has 1 aliphatic rings. The van der Waals surface area contributed by atoms with E-state index < -0.39 is 0 Å². The summed E-state index contributed by atoms with van der Waals surface area (Å²) in [6.45, 7) is 4.35. The fraction of sp³-hybridized carbons (Fsp3) is 0.467. The average Bonchev–Trinajstić information content (AvgIpc) is 2.18. The van der Waals surface area contributed by atoms with Gasteiger partial charge in [0.15, 0.2) is 0 Å². The van der Waals surface area contributed by atoms with Crippen LogP contribution in [0, 0.1) is 11.2 Å². The third-order valence-electron chi connectivity index (χ3n) is 3.24. The zero-order valence-electron chi connectivity index (χ0n) is 10.4. The van der Waals surface area contributed by atoms with E-state index >= 15 is 0 Å². The fourth-order valence-electron chi connectivity index (χ4n) is 2.63. The second kappa shape index (κ2) is 4.61. The number of rotatable bonds is 2. The molecule has 1 nitrogen and oxygen atoms in total. The molecule has 1 aromatic carbocycles. The maximum atomic E-state index is 12.8. The van der Waals surface area contributed by atoms with Crippen molar-refractivity contribution in [2.24, 2.45) is 5.41 Å². The van der Waals surface area contributed by atoms with Gasteiger partial charge in [0.2, 0.25) is 0 Å². The van der Waals surface area contributed by atoms with Crippen molar-refractivity contribution in [3.8, 4) is 0 Å². The van der Waals surface area contributed by atoms with Crippen molar-refractivity contribution in [3.63, 3.8) is 0 Å². The van der Waals surface area contributed by atoms with Gasteiger partial charge in [0, 0.05) is 0 Å². The van der Waals surface area contributed by atoms with Gasteiger partial charge in [-0.25, -0.2) is 4.39 Å². The van der Waals surface area contributed by atoms with Crippen molar-refractivity contribution >= 4 is 0 Å². The summed E-state index contributed by atoms with van der Waals surface area (Å²) in [6, 6.07) is 6.59. The van der Waals surface area contributed by atoms with Gasteiger partial charge in [0.1, 0.15) is 5.82 Å². The van der Waals surface area contributed by atoms with Gasteiger partial charge in [-0.1, -0.05) is 37.6 Å². The van der Waals surface area contributed by atoms with Gasteiger partial charge < -0.3 is 5.11 Å². The van der Waals surface area contributed by atoms with E-state index in [4.69, 9.17) is 0 Å². The van der Waals surface area contributed by atoms with E-state index in [2.05, 4.69) is 13.8 Å². The van der Waals surface area contributed by atoms with Crippen LogP contribution in [0.4, 0.5) is 4.39 Å². The van der Waals surface area contributed by atoms with Gasteiger partial charge >= 0.3 is 0 Å². The minimum atomic E-state index is -0.339. The molecular formula is C15H19FO. The van der Waals surface area contributed by atoms with Gasteiger partial charge in [0.05, 0.1) is 6.10 Å². The van der Waals surface area contributed by atoms with Crippen LogP contribution >= 0.6 is 0 Å². The van der Waals surface area contributed by atoms with Gasteiger partial charge in [0.25, 0.3) is 0 Å². The summed E-state index contributed by atoms with van der Waals surface area (Å²) in [4.78, 5) is 0. The summed E-state index contributed by atoms with van der Waals surface area (Å²) in [5, 5.41) is 9.80. The number of halogens is 1. The normalized spacial score (nSPS) is 23.3. The highest BCUT2D eigenvalue weighted by atomic mass is 19.1. The van der Waals surface area contributed by atoms with Gasteiger partial charge in [-0.15, -0.1) is 0 Å². The van der Waals surface area contributed by atoms with E-state index in [-0.39, 0.29) is 17.3 Å². The largest absolute Gasteiger partial charge is 0.389 e. The molecule has 0 saturated carbocycles. The first kappa shape index (κ1) is 12.3. The van der Waals surface area contributed by atoms with Crippen LogP contribution in [0.15, 0.2) is 35.9 Å². The Morgan fingerprint density at radius 2 is 1.94 bits per heavy atom. The van der Waals surface area contributed by atoms with Crippen molar-refractivity contribution in [2.75, 3.05) is 0 Å². The van der Waals surface area contributed by atoms with Crippen LogP contribution in [-0.2, 0) is 6.42 Å². The molecule has 0 fully saturated rings. The van der Waals surface area contributed by atoms with E-state index in [0.717, 1.165) is 24.8 Å². The first-order valence-corrected chi connectivity index (χ1v) is 6.07. The van der Waals surface area contributed by atoms with Crippen LogP contribution in [0.1, 0.15) is 32.3 Å². The smallest absolute Gasteiger partial charge is 0.123 e. The Morgan fingerprint density at radius 3 is 2.53 bits per heavy atom. The first-order valence-electron chi connectivity index (χ1n) is 6.07. The molecule has 0 saturated heterocycles. The Kier molecular flexibility index (Phi) is 3.34. The maximum absolute atomic E-state index is 12.8. The maximum Gasteiger partial charge on any atom is 0.123 e. The van der Waals surface area contributed by atoms with Crippen molar-refractivity contribution in [3.05, 3.63) is 47.3 Å². The lowest BCUT2D eigenvalue weighted by Crippen LogP contribution is -2.25. The van der Waals surface area contributed by atoms with E-state index in [0.29, 0.717) is 0 Å². The summed E-state index contributed by atoms with van der Waals surface area (Å²) in [7, 11) is 0. The summed E-state index contributed by atoms with van der Waals surface area (Å²) in [6.07, 6.45) is 4.24. The van der Waals surface area contributed by atoms with Gasteiger partial charge in [-0.2, -0.15) is 0 Å². The zero-order valence-corrected chi connectivity index (χ0v) is 10.4. The molecule has 17 heavy (non-hydrogen) atoms.